The molecule has 0 spiro atoms. The standard InChI is InChI=1S/C26H33N3O4/c1-3-22(19-9-5-4-6-10-19)26(32)29-18-7-11-23(29)25(31)28-17-8-16-27-24(30)20-12-14-21(33-2)15-13-20/h4-6,9-10,12-15,22-23H,3,7-8,11,16-18H2,1-2H3,(H,27,30)(H,28,31)/t22?,23-/m0/s1. The second kappa shape index (κ2) is 12.0. The lowest BCUT2D eigenvalue weighted by atomic mass is 9.94. The summed E-state index contributed by atoms with van der Waals surface area (Å²) >= 11 is 0. The van der Waals surface area contributed by atoms with Gasteiger partial charge in [-0.25, -0.2) is 0 Å². The number of likely N-dealkylation sites (tertiary alicyclic amines) is 1. The minimum absolute atomic E-state index is 0.0214. The zero-order valence-corrected chi connectivity index (χ0v) is 19.4. The van der Waals surface area contributed by atoms with Crippen LogP contribution in [-0.2, 0) is 9.59 Å². The number of hydrogen-bond donors (Lipinski definition) is 2. The fourth-order valence-corrected chi connectivity index (χ4v) is 4.21. The Morgan fingerprint density at radius 1 is 1.03 bits per heavy atom. The van der Waals surface area contributed by atoms with Crippen molar-refractivity contribution in [1.82, 2.24) is 15.5 Å². The first-order valence-corrected chi connectivity index (χ1v) is 11.6. The van der Waals surface area contributed by atoms with Gasteiger partial charge < -0.3 is 20.3 Å². The van der Waals surface area contributed by atoms with Crippen molar-refractivity contribution in [2.24, 2.45) is 0 Å². The average molecular weight is 452 g/mol. The van der Waals surface area contributed by atoms with Crippen LogP contribution in [0.2, 0.25) is 0 Å². The van der Waals surface area contributed by atoms with Gasteiger partial charge in [0.15, 0.2) is 0 Å². The van der Waals surface area contributed by atoms with E-state index in [1.807, 2.05) is 37.3 Å². The Labute approximate surface area is 195 Å². The fourth-order valence-electron chi connectivity index (χ4n) is 4.21. The number of carbonyl (C=O) groups excluding carboxylic acids is 3. The Hall–Kier alpha value is -3.35. The molecule has 0 radical (unpaired) electrons. The highest BCUT2D eigenvalue weighted by Gasteiger charge is 2.36. The molecular weight excluding hydrogens is 418 g/mol. The Balaban J connectivity index is 1.44. The number of nitrogens with zero attached hydrogens (tertiary/aromatic N) is 1. The first-order chi connectivity index (χ1) is 16.0. The topological polar surface area (TPSA) is 87.7 Å². The van der Waals surface area contributed by atoms with Crippen molar-refractivity contribution in [3.05, 3.63) is 65.7 Å². The van der Waals surface area contributed by atoms with Crippen LogP contribution in [0.3, 0.4) is 0 Å². The Kier molecular flexibility index (Phi) is 8.87. The normalized spacial score (nSPS) is 16.2. The molecule has 2 atom stereocenters. The van der Waals surface area contributed by atoms with E-state index in [1.54, 1.807) is 36.3 Å². The van der Waals surface area contributed by atoms with Gasteiger partial charge in [0, 0.05) is 25.2 Å². The van der Waals surface area contributed by atoms with E-state index in [1.165, 1.54) is 0 Å². The van der Waals surface area contributed by atoms with E-state index in [-0.39, 0.29) is 23.6 Å². The zero-order chi connectivity index (χ0) is 23.6. The number of methoxy groups -OCH3 is 1. The highest BCUT2D eigenvalue weighted by Crippen LogP contribution is 2.27. The van der Waals surface area contributed by atoms with Gasteiger partial charge in [0.25, 0.3) is 5.91 Å². The smallest absolute Gasteiger partial charge is 0.251 e. The minimum atomic E-state index is -0.427. The number of rotatable bonds is 10. The molecule has 1 aliphatic rings. The molecule has 2 aromatic rings. The van der Waals surface area contributed by atoms with Gasteiger partial charge in [0.2, 0.25) is 11.8 Å². The van der Waals surface area contributed by atoms with E-state index in [0.29, 0.717) is 50.2 Å². The van der Waals surface area contributed by atoms with Crippen molar-refractivity contribution in [3.8, 4) is 5.75 Å². The van der Waals surface area contributed by atoms with Crippen LogP contribution in [0.5, 0.6) is 5.75 Å². The maximum atomic E-state index is 13.2. The summed E-state index contributed by atoms with van der Waals surface area (Å²) in [5.74, 6) is 0.205. The van der Waals surface area contributed by atoms with Gasteiger partial charge in [-0.05, 0) is 55.5 Å². The van der Waals surface area contributed by atoms with Crippen molar-refractivity contribution in [1.29, 1.82) is 0 Å². The number of nitrogens with one attached hydrogen (secondary N) is 2. The summed E-state index contributed by atoms with van der Waals surface area (Å²) in [6, 6.07) is 16.2. The molecule has 1 heterocycles. The fraction of sp³-hybridized carbons (Fsp3) is 0.423. The Morgan fingerprint density at radius 3 is 2.39 bits per heavy atom. The lowest BCUT2D eigenvalue weighted by molar-refractivity contribution is -0.139. The molecule has 0 aliphatic carbocycles. The molecule has 1 saturated heterocycles. The molecule has 0 saturated carbocycles. The molecule has 7 nitrogen and oxygen atoms in total. The van der Waals surface area contributed by atoms with Crippen LogP contribution in [-0.4, -0.2) is 55.4 Å². The summed E-state index contributed by atoms with van der Waals surface area (Å²) in [5.41, 5.74) is 1.55. The van der Waals surface area contributed by atoms with Crippen molar-refractivity contribution in [3.63, 3.8) is 0 Å². The van der Waals surface area contributed by atoms with E-state index >= 15 is 0 Å². The largest absolute Gasteiger partial charge is 0.497 e. The number of carbonyl (C=O) groups is 3. The average Bonchev–Trinajstić information content (AvgIpc) is 3.35. The van der Waals surface area contributed by atoms with Crippen LogP contribution < -0.4 is 15.4 Å². The number of hydrogen-bond acceptors (Lipinski definition) is 4. The molecule has 7 heteroatoms. The molecule has 1 aliphatic heterocycles. The summed E-state index contributed by atoms with van der Waals surface area (Å²) < 4.78 is 5.09. The van der Waals surface area contributed by atoms with E-state index < -0.39 is 6.04 Å². The molecule has 33 heavy (non-hydrogen) atoms. The predicted molar refractivity (Wildman–Crippen MR) is 127 cm³/mol. The van der Waals surface area contributed by atoms with Gasteiger partial charge in [-0.1, -0.05) is 37.3 Å². The molecule has 3 amide bonds. The monoisotopic (exact) mass is 451 g/mol. The highest BCUT2D eigenvalue weighted by molar-refractivity contribution is 5.94. The van der Waals surface area contributed by atoms with Crippen LogP contribution in [0.15, 0.2) is 54.6 Å². The van der Waals surface area contributed by atoms with Gasteiger partial charge in [-0.15, -0.1) is 0 Å². The third kappa shape index (κ3) is 6.34. The van der Waals surface area contributed by atoms with E-state index in [9.17, 15) is 14.4 Å². The zero-order valence-electron chi connectivity index (χ0n) is 19.4. The quantitative estimate of drug-likeness (QED) is 0.544. The molecule has 0 aromatic heterocycles. The number of benzene rings is 2. The maximum absolute atomic E-state index is 13.2. The van der Waals surface area contributed by atoms with Crippen molar-refractivity contribution >= 4 is 17.7 Å². The molecule has 0 bridgehead atoms. The van der Waals surface area contributed by atoms with Gasteiger partial charge >= 0.3 is 0 Å². The van der Waals surface area contributed by atoms with Crippen molar-refractivity contribution in [2.75, 3.05) is 26.7 Å². The number of amides is 3. The summed E-state index contributed by atoms with van der Waals surface area (Å²) in [6.07, 6.45) is 2.81. The molecule has 176 valence electrons. The summed E-state index contributed by atoms with van der Waals surface area (Å²) in [6.45, 7) is 3.50. The highest BCUT2D eigenvalue weighted by atomic mass is 16.5. The summed E-state index contributed by atoms with van der Waals surface area (Å²) in [4.78, 5) is 39.9. The molecular formula is C26H33N3O4. The SMILES string of the molecule is CCC(C(=O)N1CCC[C@H]1C(=O)NCCCNC(=O)c1ccc(OC)cc1)c1ccccc1. The first kappa shape index (κ1) is 24.3. The van der Waals surface area contributed by atoms with Crippen LogP contribution in [0, 0.1) is 0 Å². The predicted octanol–water partition coefficient (Wildman–Crippen LogP) is 3.12. The Morgan fingerprint density at radius 2 is 1.73 bits per heavy atom. The number of ether oxygens (including phenoxy) is 1. The lowest BCUT2D eigenvalue weighted by Gasteiger charge is -2.28. The minimum Gasteiger partial charge on any atom is -0.497 e. The molecule has 3 rings (SSSR count). The van der Waals surface area contributed by atoms with Crippen molar-refractivity contribution in [2.45, 2.75) is 44.6 Å². The van der Waals surface area contributed by atoms with Gasteiger partial charge in [0.1, 0.15) is 11.8 Å². The summed E-state index contributed by atoms with van der Waals surface area (Å²) in [5, 5.41) is 5.79. The van der Waals surface area contributed by atoms with Gasteiger partial charge in [-0.3, -0.25) is 14.4 Å². The maximum Gasteiger partial charge on any atom is 0.251 e. The lowest BCUT2D eigenvalue weighted by Crippen LogP contribution is -2.47. The van der Waals surface area contributed by atoms with Crippen LogP contribution in [0.1, 0.15) is 54.4 Å². The van der Waals surface area contributed by atoms with E-state index in [4.69, 9.17) is 4.74 Å². The summed E-state index contributed by atoms with van der Waals surface area (Å²) in [7, 11) is 1.58. The van der Waals surface area contributed by atoms with Crippen LogP contribution in [0.25, 0.3) is 0 Å². The van der Waals surface area contributed by atoms with Crippen molar-refractivity contribution < 1.29 is 19.1 Å². The first-order valence-electron chi connectivity index (χ1n) is 11.6. The molecule has 1 fully saturated rings. The third-order valence-electron chi connectivity index (χ3n) is 6.04. The molecule has 2 N–H and O–H groups in total. The molecule has 1 unspecified atom stereocenters. The van der Waals surface area contributed by atoms with Gasteiger partial charge in [-0.2, -0.15) is 0 Å². The van der Waals surface area contributed by atoms with Gasteiger partial charge in [0.05, 0.1) is 13.0 Å². The molecule has 2 aromatic carbocycles. The van der Waals surface area contributed by atoms with E-state index in [0.717, 1.165) is 12.0 Å². The third-order valence-corrected chi connectivity index (χ3v) is 6.04. The van der Waals surface area contributed by atoms with E-state index in [2.05, 4.69) is 10.6 Å². The second-order valence-electron chi connectivity index (χ2n) is 8.19. The van der Waals surface area contributed by atoms with Crippen LogP contribution in [0.4, 0.5) is 0 Å². The van der Waals surface area contributed by atoms with Crippen LogP contribution >= 0.6 is 0 Å². The second-order valence-corrected chi connectivity index (χ2v) is 8.19. The Bertz CT molecular complexity index is 930.